The topological polar surface area (TPSA) is 12.0 Å². The summed E-state index contributed by atoms with van der Waals surface area (Å²) in [5, 5.41) is 5.81. The predicted octanol–water partition coefficient (Wildman–Crippen LogP) is 2.99. The van der Waals surface area contributed by atoms with Crippen molar-refractivity contribution in [2.45, 2.75) is 44.7 Å². The zero-order chi connectivity index (χ0) is 9.26. The molecule has 1 fully saturated rings. The smallest absolute Gasteiger partial charge is 0.0115 e. The number of rotatable bonds is 4. The van der Waals surface area contributed by atoms with E-state index in [1.807, 2.05) is 11.3 Å². The van der Waals surface area contributed by atoms with Crippen molar-refractivity contribution in [3.8, 4) is 0 Å². The van der Waals surface area contributed by atoms with Gasteiger partial charge in [0.1, 0.15) is 0 Å². The van der Waals surface area contributed by atoms with Crippen LogP contribution in [0, 0.1) is 0 Å². The lowest BCUT2D eigenvalue weighted by Gasteiger charge is -2.19. The second-order valence-electron chi connectivity index (χ2n) is 4.03. The van der Waals surface area contributed by atoms with Crippen molar-refractivity contribution in [3.63, 3.8) is 0 Å². The van der Waals surface area contributed by atoms with Crippen LogP contribution in [-0.2, 0) is 0 Å². The molecule has 0 amide bonds. The van der Waals surface area contributed by atoms with Gasteiger partial charge in [0.2, 0.25) is 0 Å². The Kier molecular flexibility index (Phi) is 2.70. The Morgan fingerprint density at radius 2 is 2.23 bits per heavy atom. The maximum absolute atomic E-state index is 3.65. The van der Waals surface area contributed by atoms with E-state index in [0.717, 1.165) is 6.04 Å². The molecule has 2 rings (SSSR count). The first-order chi connectivity index (χ1) is 6.27. The highest BCUT2D eigenvalue weighted by molar-refractivity contribution is 7.10. The summed E-state index contributed by atoms with van der Waals surface area (Å²) in [5.41, 5.74) is 0. The van der Waals surface area contributed by atoms with Crippen LogP contribution in [0.5, 0.6) is 0 Å². The van der Waals surface area contributed by atoms with Crippen molar-refractivity contribution in [2.24, 2.45) is 0 Å². The van der Waals surface area contributed by atoms with Crippen LogP contribution in [0.1, 0.15) is 37.5 Å². The van der Waals surface area contributed by atoms with Gasteiger partial charge in [-0.25, -0.2) is 0 Å². The van der Waals surface area contributed by atoms with Gasteiger partial charge in [-0.05, 0) is 31.2 Å². The van der Waals surface area contributed by atoms with Gasteiger partial charge < -0.3 is 5.32 Å². The van der Waals surface area contributed by atoms with Crippen LogP contribution in [0.15, 0.2) is 17.5 Å². The second kappa shape index (κ2) is 3.81. The molecule has 0 aromatic carbocycles. The summed E-state index contributed by atoms with van der Waals surface area (Å²) < 4.78 is 0. The highest BCUT2D eigenvalue weighted by Crippen LogP contribution is 2.27. The van der Waals surface area contributed by atoms with Gasteiger partial charge in [0.15, 0.2) is 0 Å². The quantitative estimate of drug-likeness (QED) is 0.779. The van der Waals surface area contributed by atoms with E-state index in [1.54, 1.807) is 0 Å². The molecule has 0 spiro atoms. The Labute approximate surface area is 84.2 Å². The maximum Gasteiger partial charge on any atom is 0.0115 e. The normalized spacial score (nSPS) is 21.4. The summed E-state index contributed by atoms with van der Waals surface area (Å²) >= 11 is 1.87. The SMILES string of the molecule is CC(NC1CC1)C(C)c1cccs1. The number of thiophene rings is 1. The molecule has 0 bridgehead atoms. The third kappa shape index (κ3) is 2.32. The van der Waals surface area contributed by atoms with Gasteiger partial charge in [-0.15, -0.1) is 11.3 Å². The summed E-state index contributed by atoms with van der Waals surface area (Å²) in [5.74, 6) is 0.653. The lowest BCUT2D eigenvalue weighted by Crippen LogP contribution is -2.32. The van der Waals surface area contributed by atoms with Crippen LogP contribution in [0.4, 0.5) is 0 Å². The molecule has 72 valence electrons. The molecule has 0 saturated heterocycles. The van der Waals surface area contributed by atoms with E-state index in [2.05, 4.69) is 36.7 Å². The lowest BCUT2D eigenvalue weighted by molar-refractivity contribution is 0.483. The molecule has 13 heavy (non-hydrogen) atoms. The lowest BCUT2D eigenvalue weighted by atomic mass is 10.0. The molecule has 0 radical (unpaired) electrons. The fourth-order valence-electron chi connectivity index (χ4n) is 1.56. The number of hydrogen-bond donors (Lipinski definition) is 1. The molecule has 1 saturated carbocycles. The third-order valence-electron chi connectivity index (χ3n) is 2.82. The fourth-order valence-corrected chi connectivity index (χ4v) is 2.45. The first-order valence-electron chi connectivity index (χ1n) is 5.07. The van der Waals surface area contributed by atoms with Crippen LogP contribution in [-0.4, -0.2) is 12.1 Å². The first-order valence-corrected chi connectivity index (χ1v) is 5.95. The van der Waals surface area contributed by atoms with Crippen molar-refractivity contribution in [2.75, 3.05) is 0 Å². The molecule has 1 nitrogen and oxygen atoms in total. The molecule has 2 atom stereocenters. The van der Waals surface area contributed by atoms with Crippen molar-refractivity contribution in [1.29, 1.82) is 0 Å². The van der Waals surface area contributed by atoms with Crippen LogP contribution in [0.25, 0.3) is 0 Å². The minimum atomic E-state index is 0.617. The highest BCUT2D eigenvalue weighted by atomic mass is 32.1. The van der Waals surface area contributed by atoms with E-state index in [9.17, 15) is 0 Å². The largest absolute Gasteiger partial charge is 0.311 e. The summed E-state index contributed by atoms with van der Waals surface area (Å²) in [4.78, 5) is 1.50. The number of nitrogens with one attached hydrogen (secondary N) is 1. The molecule has 0 aliphatic heterocycles. The Morgan fingerprint density at radius 3 is 2.77 bits per heavy atom. The van der Waals surface area contributed by atoms with Crippen molar-refractivity contribution < 1.29 is 0 Å². The van der Waals surface area contributed by atoms with E-state index in [-0.39, 0.29) is 0 Å². The van der Waals surface area contributed by atoms with Crippen LogP contribution >= 0.6 is 11.3 Å². The predicted molar refractivity (Wildman–Crippen MR) is 58.4 cm³/mol. The third-order valence-corrected chi connectivity index (χ3v) is 3.89. The van der Waals surface area contributed by atoms with Crippen molar-refractivity contribution in [3.05, 3.63) is 22.4 Å². The first kappa shape index (κ1) is 9.22. The summed E-state index contributed by atoms with van der Waals surface area (Å²) in [7, 11) is 0. The van der Waals surface area contributed by atoms with Crippen LogP contribution < -0.4 is 5.32 Å². The zero-order valence-corrected chi connectivity index (χ0v) is 9.10. The van der Waals surface area contributed by atoms with Crippen molar-refractivity contribution >= 4 is 11.3 Å². The molecular weight excluding hydrogens is 178 g/mol. The van der Waals surface area contributed by atoms with Gasteiger partial charge in [0, 0.05) is 22.9 Å². The molecule has 1 aromatic rings. The molecule has 1 aliphatic rings. The van der Waals surface area contributed by atoms with E-state index in [0.29, 0.717) is 12.0 Å². The Balaban J connectivity index is 1.91. The molecule has 2 heteroatoms. The van der Waals surface area contributed by atoms with Gasteiger partial charge >= 0.3 is 0 Å². The summed E-state index contributed by atoms with van der Waals surface area (Å²) in [6.07, 6.45) is 2.75. The van der Waals surface area contributed by atoms with Gasteiger partial charge in [-0.1, -0.05) is 13.0 Å². The minimum Gasteiger partial charge on any atom is -0.311 e. The van der Waals surface area contributed by atoms with E-state index < -0.39 is 0 Å². The Hall–Kier alpha value is -0.340. The van der Waals surface area contributed by atoms with Crippen LogP contribution in [0.3, 0.4) is 0 Å². The van der Waals surface area contributed by atoms with Crippen molar-refractivity contribution in [1.82, 2.24) is 5.32 Å². The summed E-state index contributed by atoms with van der Waals surface area (Å²) in [6, 6.07) is 5.81. The van der Waals surface area contributed by atoms with Gasteiger partial charge in [0.25, 0.3) is 0 Å². The van der Waals surface area contributed by atoms with Gasteiger partial charge in [0.05, 0.1) is 0 Å². The maximum atomic E-state index is 3.65. The van der Waals surface area contributed by atoms with Crippen LogP contribution in [0.2, 0.25) is 0 Å². The molecule has 1 aliphatic carbocycles. The molecule has 1 aromatic heterocycles. The van der Waals surface area contributed by atoms with E-state index in [4.69, 9.17) is 0 Å². The second-order valence-corrected chi connectivity index (χ2v) is 5.01. The fraction of sp³-hybridized carbons (Fsp3) is 0.636. The van der Waals surface area contributed by atoms with E-state index >= 15 is 0 Å². The molecule has 1 N–H and O–H groups in total. The average molecular weight is 195 g/mol. The monoisotopic (exact) mass is 195 g/mol. The minimum absolute atomic E-state index is 0.617. The van der Waals surface area contributed by atoms with Gasteiger partial charge in [-0.3, -0.25) is 0 Å². The molecular formula is C11H17NS. The van der Waals surface area contributed by atoms with Gasteiger partial charge in [-0.2, -0.15) is 0 Å². The number of hydrogen-bond acceptors (Lipinski definition) is 2. The Bertz CT molecular complexity index is 251. The summed E-state index contributed by atoms with van der Waals surface area (Å²) in [6.45, 7) is 4.61. The molecule has 1 heterocycles. The highest BCUT2D eigenvalue weighted by Gasteiger charge is 2.25. The zero-order valence-electron chi connectivity index (χ0n) is 8.29. The molecule has 2 unspecified atom stereocenters. The van der Waals surface area contributed by atoms with E-state index in [1.165, 1.54) is 17.7 Å². The Morgan fingerprint density at radius 1 is 1.46 bits per heavy atom. The standard InChI is InChI=1S/C11H17NS/c1-8(11-4-3-7-13-11)9(2)12-10-5-6-10/h3-4,7-10,12H,5-6H2,1-2H3. The average Bonchev–Trinajstić information content (AvgIpc) is 2.78.